The fourth-order valence-corrected chi connectivity index (χ4v) is 5.57. The lowest BCUT2D eigenvalue weighted by Gasteiger charge is -2.20. The highest BCUT2D eigenvalue weighted by molar-refractivity contribution is 6.30. The molecule has 5 heteroatoms. The van der Waals surface area contributed by atoms with Crippen molar-refractivity contribution in [3.05, 3.63) is 57.9 Å². The Morgan fingerprint density at radius 3 is 2.57 bits per heavy atom. The first-order valence-electron chi connectivity index (χ1n) is 11.0. The molecular formula is C25H30ClNO3. The number of benzene rings is 1. The van der Waals surface area contributed by atoms with Crippen molar-refractivity contribution in [2.24, 2.45) is 17.8 Å². The van der Waals surface area contributed by atoms with Gasteiger partial charge in [0.05, 0.1) is 0 Å². The van der Waals surface area contributed by atoms with Crippen LogP contribution in [0.25, 0.3) is 0 Å². The molecule has 0 radical (unpaired) electrons. The van der Waals surface area contributed by atoms with Crippen LogP contribution in [0, 0.1) is 31.6 Å². The van der Waals surface area contributed by atoms with Crippen molar-refractivity contribution in [2.45, 2.75) is 58.9 Å². The highest BCUT2D eigenvalue weighted by Gasteiger charge is 2.40. The molecule has 0 spiro atoms. The number of nitrogens with zero attached hydrogens (tertiary/aromatic N) is 1. The summed E-state index contributed by atoms with van der Waals surface area (Å²) in [5.41, 5.74) is 3.82. The number of fused-ring (bicyclic) bond motifs is 2. The zero-order valence-corrected chi connectivity index (χ0v) is 18.6. The van der Waals surface area contributed by atoms with Gasteiger partial charge in [-0.25, -0.2) is 0 Å². The predicted molar refractivity (Wildman–Crippen MR) is 118 cm³/mol. The smallest absolute Gasteiger partial charge is 0.306 e. The van der Waals surface area contributed by atoms with E-state index in [0.29, 0.717) is 23.8 Å². The van der Waals surface area contributed by atoms with Gasteiger partial charge >= 0.3 is 5.97 Å². The highest BCUT2D eigenvalue weighted by atomic mass is 35.5. The second-order valence-corrected chi connectivity index (χ2v) is 9.47. The van der Waals surface area contributed by atoms with Gasteiger partial charge in [-0.1, -0.05) is 30.2 Å². The first kappa shape index (κ1) is 21.2. The number of ether oxygens (including phenoxy) is 1. The number of Topliss-reactive ketones (excluding diaryl/α,β-unsaturated/α-hetero) is 1. The fourth-order valence-electron chi connectivity index (χ4n) is 5.44. The minimum Gasteiger partial charge on any atom is -0.457 e. The summed E-state index contributed by atoms with van der Waals surface area (Å²) in [6, 6.07) is 9.75. The largest absolute Gasteiger partial charge is 0.457 e. The van der Waals surface area contributed by atoms with Crippen LogP contribution >= 0.6 is 11.6 Å². The molecule has 2 saturated carbocycles. The number of carbonyl (C=O) groups excluding carboxylic acids is 2. The zero-order chi connectivity index (χ0) is 21.3. The lowest BCUT2D eigenvalue weighted by atomic mass is 9.86. The Labute approximate surface area is 183 Å². The molecule has 4 rings (SSSR count). The topological polar surface area (TPSA) is 48.3 Å². The normalized spacial score (nSPS) is 22.4. The lowest BCUT2D eigenvalue weighted by Crippen LogP contribution is -2.20. The second kappa shape index (κ2) is 8.97. The molecule has 2 aliphatic carbocycles. The van der Waals surface area contributed by atoms with Gasteiger partial charge in [0.1, 0.15) is 0 Å². The van der Waals surface area contributed by atoms with Crippen LogP contribution in [-0.4, -0.2) is 22.9 Å². The molecule has 2 bridgehead atoms. The summed E-state index contributed by atoms with van der Waals surface area (Å²) in [6.07, 6.45) is 6.33. The Bertz CT molecular complexity index is 931. The van der Waals surface area contributed by atoms with Crippen LogP contribution in [0.1, 0.15) is 59.4 Å². The molecule has 4 nitrogen and oxygen atoms in total. The number of hydrogen-bond acceptors (Lipinski definition) is 3. The summed E-state index contributed by atoms with van der Waals surface area (Å²) < 4.78 is 7.51. The van der Waals surface area contributed by atoms with Crippen molar-refractivity contribution in [1.29, 1.82) is 0 Å². The van der Waals surface area contributed by atoms with Gasteiger partial charge in [0.25, 0.3) is 0 Å². The predicted octanol–water partition coefficient (Wildman–Crippen LogP) is 5.55. The number of aromatic nitrogens is 1. The van der Waals surface area contributed by atoms with E-state index in [4.69, 9.17) is 16.3 Å². The van der Waals surface area contributed by atoms with E-state index in [1.54, 1.807) is 0 Å². The number of carbonyl (C=O) groups is 2. The van der Waals surface area contributed by atoms with Gasteiger partial charge < -0.3 is 9.30 Å². The van der Waals surface area contributed by atoms with Gasteiger partial charge in [0, 0.05) is 34.9 Å². The molecule has 2 aliphatic rings. The molecule has 0 amide bonds. The molecule has 2 aromatic rings. The van der Waals surface area contributed by atoms with E-state index in [0.717, 1.165) is 41.7 Å². The molecule has 1 aromatic heterocycles. The monoisotopic (exact) mass is 427 g/mol. The van der Waals surface area contributed by atoms with Crippen molar-refractivity contribution in [1.82, 2.24) is 4.57 Å². The molecule has 0 unspecified atom stereocenters. The van der Waals surface area contributed by atoms with Gasteiger partial charge in [-0.2, -0.15) is 0 Å². The van der Waals surface area contributed by atoms with Crippen LogP contribution in [0.4, 0.5) is 0 Å². The average molecular weight is 428 g/mol. The first-order chi connectivity index (χ1) is 14.4. The van der Waals surface area contributed by atoms with Gasteiger partial charge in [-0.05, 0) is 81.0 Å². The van der Waals surface area contributed by atoms with Gasteiger partial charge in [-0.3, -0.25) is 9.59 Å². The fraction of sp³-hybridized carbons (Fsp3) is 0.520. The van der Waals surface area contributed by atoms with Crippen LogP contribution in [-0.2, 0) is 22.5 Å². The number of rotatable bonds is 8. The van der Waals surface area contributed by atoms with Gasteiger partial charge in [0.15, 0.2) is 6.61 Å². The maximum absolute atomic E-state index is 12.7. The Balaban J connectivity index is 1.31. The molecule has 1 aromatic carbocycles. The van der Waals surface area contributed by atoms with E-state index in [9.17, 15) is 9.59 Å². The number of halogens is 1. The molecule has 160 valence electrons. The van der Waals surface area contributed by atoms with Crippen LogP contribution in [0.3, 0.4) is 0 Å². The Morgan fingerprint density at radius 1 is 1.13 bits per heavy atom. The molecule has 0 N–H and O–H groups in total. The standard InChI is InChI=1S/C25H30ClNO3/c1-16-11-23(17(2)27(16)10-9-18-4-7-22(26)8-5-18)24(28)15-30-25(29)14-21-13-19-3-6-20(21)12-19/h4-5,7-8,11,19-21H,3,6,9-10,12-15H2,1-2H3/t19-,20-,21-/m1/s1. The molecular weight excluding hydrogens is 398 g/mol. The minimum atomic E-state index is -0.225. The van der Waals surface area contributed by atoms with E-state index in [2.05, 4.69) is 4.57 Å². The average Bonchev–Trinajstić information content (AvgIpc) is 3.41. The molecule has 2 fully saturated rings. The summed E-state index contributed by atoms with van der Waals surface area (Å²) in [4.78, 5) is 25.0. The Morgan fingerprint density at radius 2 is 1.90 bits per heavy atom. The van der Waals surface area contributed by atoms with Crippen molar-refractivity contribution >= 4 is 23.4 Å². The van der Waals surface area contributed by atoms with E-state index in [-0.39, 0.29) is 18.4 Å². The zero-order valence-electron chi connectivity index (χ0n) is 17.8. The van der Waals surface area contributed by atoms with E-state index in [1.807, 2.05) is 44.2 Å². The Hall–Kier alpha value is -2.07. The first-order valence-corrected chi connectivity index (χ1v) is 11.4. The van der Waals surface area contributed by atoms with Crippen molar-refractivity contribution in [2.75, 3.05) is 6.61 Å². The maximum atomic E-state index is 12.7. The van der Waals surface area contributed by atoms with Crippen LogP contribution < -0.4 is 0 Å². The summed E-state index contributed by atoms with van der Waals surface area (Å²) in [6.45, 7) is 4.59. The highest BCUT2D eigenvalue weighted by Crippen LogP contribution is 2.49. The molecule has 1 heterocycles. The number of aryl methyl sites for hydroxylation is 2. The number of esters is 1. The van der Waals surface area contributed by atoms with Crippen molar-refractivity contribution < 1.29 is 14.3 Å². The third-order valence-electron chi connectivity index (χ3n) is 7.09. The minimum absolute atomic E-state index is 0.123. The number of ketones is 1. The number of hydrogen-bond donors (Lipinski definition) is 0. The van der Waals surface area contributed by atoms with Crippen LogP contribution in [0.5, 0.6) is 0 Å². The summed E-state index contributed by atoms with van der Waals surface area (Å²) in [5, 5.41) is 0.731. The van der Waals surface area contributed by atoms with E-state index in [1.165, 1.54) is 24.8 Å². The third-order valence-corrected chi connectivity index (χ3v) is 7.34. The maximum Gasteiger partial charge on any atom is 0.306 e. The molecule has 3 atom stereocenters. The van der Waals surface area contributed by atoms with Crippen LogP contribution in [0.2, 0.25) is 5.02 Å². The van der Waals surface area contributed by atoms with E-state index < -0.39 is 0 Å². The summed E-state index contributed by atoms with van der Waals surface area (Å²) >= 11 is 5.95. The van der Waals surface area contributed by atoms with E-state index >= 15 is 0 Å². The van der Waals surface area contributed by atoms with Gasteiger partial charge in [0.2, 0.25) is 5.78 Å². The second-order valence-electron chi connectivity index (χ2n) is 9.04. The van der Waals surface area contributed by atoms with Crippen molar-refractivity contribution in [3.63, 3.8) is 0 Å². The quantitative estimate of drug-likeness (QED) is 0.409. The summed E-state index contributed by atoms with van der Waals surface area (Å²) in [5.74, 6) is 1.62. The lowest BCUT2D eigenvalue weighted by molar-refractivity contribution is -0.144. The summed E-state index contributed by atoms with van der Waals surface area (Å²) in [7, 11) is 0. The van der Waals surface area contributed by atoms with Crippen LogP contribution in [0.15, 0.2) is 30.3 Å². The Kier molecular flexibility index (Phi) is 6.33. The molecule has 0 saturated heterocycles. The van der Waals surface area contributed by atoms with Gasteiger partial charge in [-0.15, -0.1) is 0 Å². The molecule has 30 heavy (non-hydrogen) atoms. The SMILES string of the molecule is Cc1cc(C(=O)COC(=O)C[C@H]2C[C@@H]3CC[C@@H]2C3)c(C)n1CCc1ccc(Cl)cc1. The van der Waals surface area contributed by atoms with Crippen molar-refractivity contribution in [3.8, 4) is 0 Å². The molecule has 0 aliphatic heterocycles. The third kappa shape index (κ3) is 4.64.